The standard InChI is InChI=1S/C28H46N2O6S4/c31-16-6-11-25(36-28(34)12-4-3-8-23(38)9-7-18-37)29-15-13-26(32)30-21-22(20-27(30)33)35-17-5-1-2-10-24-14-19-39-40-24/h1-2,5,17,22-25,29,31,37-38H,3-4,6-16,18-21H2. The number of rotatable bonds is 21. The molecule has 0 radical (unpaired) electrons. The molecule has 40 heavy (non-hydrogen) atoms. The van der Waals surface area contributed by atoms with Crippen molar-refractivity contribution >= 4 is 64.6 Å². The maximum atomic E-state index is 12.7. The Bertz CT molecular complexity index is 810. The zero-order valence-electron chi connectivity index (χ0n) is 23.3. The number of hydrogen-bond acceptors (Lipinski definition) is 11. The van der Waals surface area contributed by atoms with Crippen LogP contribution in [-0.4, -0.2) is 81.8 Å². The normalized spacial score (nSPS) is 21.0. The monoisotopic (exact) mass is 634 g/mol. The summed E-state index contributed by atoms with van der Waals surface area (Å²) >= 11 is 8.79. The summed E-state index contributed by atoms with van der Waals surface area (Å²) in [4.78, 5) is 38.6. The number of nitrogens with zero attached hydrogens (tertiary/aromatic N) is 1. The van der Waals surface area contributed by atoms with E-state index in [1.165, 1.54) is 17.1 Å². The summed E-state index contributed by atoms with van der Waals surface area (Å²) in [7, 11) is 3.87. The van der Waals surface area contributed by atoms with E-state index in [2.05, 4.69) is 36.7 Å². The lowest BCUT2D eigenvalue weighted by Crippen LogP contribution is -2.39. The second-order valence-corrected chi connectivity index (χ2v) is 14.0. The van der Waals surface area contributed by atoms with Crippen LogP contribution in [0.4, 0.5) is 0 Å². The van der Waals surface area contributed by atoms with Crippen LogP contribution in [0.1, 0.15) is 77.0 Å². The van der Waals surface area contributed by atoms with Gasteiger partial charge in [0.05, 0.1) is 19.2 Å². The van der Waals surface area contributed by atoms with Crippen molar-refractivity contribution in [1.82, 2.24) is 10.2 Å². The van der Waals surface area contributed by atoms with E-state index in [1.54, 1.807) is 6.26 Å². The number of amides is 2. The molecule has 0 aliphatic carbocycles. The number of carbonyl (C=O) groups is 3. The Morgan fingerprint density at radius 2 is 1.98 bits per heavy atom. The molecule has 2 aliphatic rings. The van der Waals surface area contributed by atoms with Crippen LogP contribution >= 0.6 is 46.8 Å². The predicted octanol–water partition coefficient (Wildman–Crippen LogP) is 4.93. The van der Waals surface area contributed by atoms with Crippen LogP contribution < -0.4 is 5.32 Å². The Labute approximate surface area is 258 Å². The first-order valence-corrected chi connectivity index (χ1v) is 17.9. The van der Waals surface area contributed by atoms with Crippen molar-refractivity contribution in [3.05, 3.63) is 24.5 Å². The molecule has 0 bridgehead atoms. The number of hydrogen-bond donors (Lipinski definition) is 4. The highest BCUT2D eigenvalue weighted by molar-refractivity contribution is 8.77. The van der Waals surface area contributed by atoms with Gasteiger partial charge in [0.2, 0.25) is 11.8 Å². The van der Waals surface area contributed by atoms with Gasteiger partial charge in [0, 0.05) is 48.7 Å². The second kappa shape index (κ2) is 21.8. The zero-order valence-corrected chi connectivity index (χ0v) is 26.7. The molecule has 4 unspecified atom stereocenters. The molecule has 2 rings (SSSR count). The van der Waals surface area contributed by atoms with Crippen molar-refractivity contribution in [2.45, 2.75) is 99.9 Å². The number of aliphatic hydroxyl groups excluding tert-OH is 1. The molecule has 2 saturated heterocycles. The number of thiol groups is 2. The largest absolute Gasteiger partial charge is 0.496 e. The average molecular weight is 635 g/mol. The van der Waals surface area contributed by atoms with Gasteiger partial charge in [-0.05, 0) is 56.8 Å². The summed E-state index contributed by atoms with van der Waals surface area (Å²) in [6.45, 7) is 0.468. The molecule has 4 atom stereocenters. The molecule has 2 amide bonds. The van der Waals surface area contributed by atoms with E-state index in [4.69, 9.17) is 9.47 Å². The van der Waals surface area contributed by atoms with Gasteiger partial charge in [-0.2, -0.15) is 25.3 Å². The van der Waals surface area contributed by atoms with Gasteiger partial charge in [0.25, 0.3) is 0 Å². The lowest BCUT2D eigenvalue weighted by Gasteiger charge is -2.20. The third-order valence-electron chi connectivity index (χ3n) is 6.59. The van der Waals surface area contributed by atoms with Crippen molar-refractivity contribution in [2.24, 2.45) is 0 Å². The summed E-state index contributed by atoms with van der Waals surface area (Å²) in [5.41, 5.74) is 0. The summed E-state index contributed by atoms with van der Waals surface area (Å²) in [5.74, 6) is 1.24. The molecule has 2 fully saturated rings. The smallest absolute Gasteiger partial charge is 0.307 e. The molecule has 2 heterocycles. The van der Waals surface area contributed by atoms with Crippen LogP contribution in [0.2, 0.25) is 0 Å². The minimum Gasteiger partial charge on any atom is -0.496 e. The van der Waals surface area contributed by atoms with Crippen molar-refractivity contribution in [2.75, 3.05) is 31.2 Å². The molecule has 0 spiro atoms. The number of unbranched alkanes of at least 4 members (excludes halogenated alkanes) is 1. The summed E-state index contributed by atoms with van der Waals surface area (Å²) in [6.07, 6.45) is 15.0. The fraction of sp³-hybridized carbons (Fsp3) is 0.750. The molecular formula is C28H46N2O6S4. The van der Waals surface area contributed by atoms with Gasteiger partial charge >= 0.3 is 5.97 Å². The first-order chi connectivity index (χ1) is 19.4. The van der Waals surface area contributed by atoms with Crippen LogP contribution in [0.25, 0.3) is 0 Å². The number of ether oxygens (including phenoxy) is 2. The number of carbonyl (C=O) groups excluding carboxylic acids is 3. The third-order valence-corrected chi connectivity index (χ3v) is 10.4. The summed E-state index contributed by atoms with van der Waals surface area (Å²) in [5, 5.41) is 13.3. The maximum Gasteiger partial charge on any atom is 0.307 e. The molecule has 0 saturated carbocycles. The van der Waals surface area contributed by atoms with Gasteiger partial charge in [-0.25, -0.2) is 0 Å². The van der Waals surface area contributed by atoms with Crippen LogP contribution in [0.3, 0.4) is 0 Å². The Kier molecular flexibility index (Phi) is 19.3. The Morgan fingerprint density at radius 1 is 1.15 bits per heavy atom. The molecule has 12 heteroatoms. The highest BCUT2D eigenvalue weighted by Crippen LogP contribution is 2.39. The minimum absolute atomic E-state index is 0.0169. The molecular weight excluding hydrogens is 589 g/mol. The molecule has 0 aromatic heterocycles. The molecule has 228 valence electrons. The lowest BCUT2D eigenvalue weighted by atomic mass is 10.1. The van der Waals surface area contributed by atoms with Gasteiger partial charge in [-0.3, -0.25) is 24.6 Å². The van der Waals surface area contributed by atoms with Gasteiger partial charge in [0.1, 0.15) is 6.10 Å². The predicted molar refractivity (Wildman–Crippen MR) is 171 cm³/mol. The average Bonchev–Trinajstić information content (AvgIpc) is 3.59. The van der Waals surface area contributed by atoms with Crippen molar-refractivity contribution in [3.63, 3.8) is 0 Å². The van der Waals surface area contributed by atoms with E-state index in [-0.39, 0.29) is 56.4 Å². The number of allylic oxidation sites excluding steroid dienone is 3. The van der Waals surface area contributed by atoms with Gasteiger partial charge in [0.15, 0.2) is 6.23 Å². The third kappa shape index (κ3) is 15.4. The van der Waals surface area contributed by atoms with E-state index < -0.39 is 6.23 Å². The van der Waals surface area contributed by atoms with Gasteiger partial charge in [-0.1, -0.05) is 40.2 Å². The Hall–Kier alpha value is -0.790. The first kappa shape index (κ1) is 35.4. The lowest BCUT2D eigenvalue weighted by molar-refractivity contribution is -0.151. The molecule has 2 N–H and O–H groups in total. The SMILES string of the molecule is O=C(CCCCC(S)CCCS)OC(CCCO)NCCC(=O)N1CC(OC=CC=CCC2CCSS2)CC1=O. The number of imide groups is 1. The topological polar surface area (TPSA) is 105 Å². The highest BCUT2D eigenvalue weighted by atomic mass is 33.1. The fourth-order valence-electron chi connectivity index (χ4n) is 4.34. The number of aliphatic hydroxyl groups is 1. The van der Waals surface area contributed by atoms with Crippen molar-refractivity contribution in [3.8, 4) is 0 Å². The number of nitrogens with one attached hydrogen (secondary N) is 1. The van der Waals surface area contributed by atoms with Crippen molar-refractivity contribution in [1.29, 1.82) is 0 Å². The van der Waals surface area contributed by atoms with Gasteiger partial charge in [-0.15, -0.1) is 0 Å². The maximum absolute atomic E-state index is 12.7. The number of esters is 1. The van der Waals surface area contributed by atoms with Crippen LogP contribution in [0.15, 0.2) is 24.5 Å². The fourth-order valence-corrected chi connectivity index (χ4v) is 7.79. The quantitative estimate of drug-likeness (QED) is 0.0266. The van der Waals surface area contributed by atoms with E-state index >= 15 is 0 Å². The van der Waals surface area contributed by atoms with E-state index in [9.17, 15) is 19.5 Å². The minimum atomic E-state index is -0.588. The van der Waals surface area contributed by atoms with Crippen LogP contribution in [0.5, 0.6) is 0 Å². The number of likely N-dealkylation sites (tertiary alicyclic amines) is 1. The Balaban J connectivity index is 1.64. The van der Waals surface area contributed by atoms with Crippen LogP contribution in [-0.2, 0) is 23.9 Å². The summed E-state index contributed by atoms with van der Waals surface area (Å²) in [6, 6.07) is 0. The molecule has 8 nitrogen and oxygen atoms in total. The van der Waals surface area contributed by atoms with Gasteiger partial charge < -0.3 is 14.6 Å². The first-order valence-electron chi connectivity index (χ1n) is 14.3. The molecule has 2 aliphatic heterocycles. The van der Waals surface area contributed by atoms with E-state index in [0.717, 1.165) is 44.3 Å². The zero-order chi connectivity index (χ0) is 29.0. The van der Waals surface area contributed by atoms with Crippen molar-refractivity contribution < 1.29 is 29.0 Å². The van der Waals surface area contributed by atoms with Crippen LogP contribution in [0, 0.1) is 0 Å². The highest BCUT2D eigenvalue weighted by Gasteiger charge is 2.34. The Morgan fingerprint density at radius 3 is 2.73 bits per heavy atom. The summed E-state index contributed by atoms with van der Waals surface area (Å²) < 4.78 is 11.2. The molecule has 0 aromatic carbocycles. The molecule has 0 aromatic rings. The second-order valence-electron chi connectivity index (χ2n) is 10.00. The van der Waals surface area contributed by atoms with E-state index in [0.29, 0.717) is 29.8 Å². The van der Waals surface area contributed by atoms with E-state index in [1.807, 2.05) is 33.7 Å².